The van der Waals surface area contributed by atoms with Gasteiger partial charge in [0.25, 0.3) is 0 Å². The van der Waals surface area contributed by atoms with E-state index in [0.29, 0.717) is 12.6 Å². The van der Waals surface area contributed by atoms with E-state index in [2.05, 4.69) is 38.5 Å². The highest BCUT2D eigenvalue weighted by molar-refractivity contribution is 6.03. The fourth-order valence-electron chi connectivity index (χ4n) is 4.49. The number of urea groups is 1. The second-order valence-corrected chi connectivity index (χ2v) is 8.28. The Balaban J connectivity index is 1.40. The maximum Gasteiger partial charge on any atom is 0.327 e. The summed E-state index contributed by atoms with van der Waals surface area (Å²) in [5.41, 5.74) is 5.97. The maximum atomic E-state index is 13.1. The van der Waals surface area contributed by atoms with Crippen LogP contribution in [-0.2, 0) is 6.42 Å². The Morgan fingerprint density at radius 3 is 2.97 bits per heavy atom. The van der Waals surface area contributed by atoms with Crippen molar-refractivity contribution in [1.29, 1.82) is 0 Å². The molecule has 0 saturated carbocycles. The molecule has 5 rings (SSSR count). The van der Waals surface area contributed by atoms with E-state index in [9.17, 15) is 4.79 Å². The predicted octanol–water partition coefficient (Wildman–Crippen LogP) is 2.74. The number of piperazine rings is 1. The fraction of sp³-hybridized carbons (Fsp3) is 0.409. The minimum Gasteiger partial charge on any atom is -0.368 e. The number of hydrogen-bond acceptors (Lipinski definition) is 5. The predicted molar refractivity (Wildman–Crippen MR) is 119 cm³/mol. The van der Waals surface area contributed by atoms with Gasteiger partial charge in [0, 0.05) is 62.1 Å². The quantitative estimate of drug-likeness (QED) is 0.686. The van der Waals surface area contributed by atoms with Crippen LogP contribution in [0.5, 0.6) is 0 Å². The Bertz CT molecular complexity index is 1120. The van der Waals surface area contributed by atoms with Gasteiger partial charge in [0.15, 0.2) is 0 Å². The number of carbonyl (C=O) groups excluding carboxylic acids is 1. The summed E-state index contributed by atoms with van der Waals surface area (Å²) in [5, 5.41) is 6.56. The Morgan fingerprint density at radius 1 is 1.27 bits per heavy atom. The van der Waals surface area contributed by atoms with E-state index in [1.54, 1.807) is 4.90 Å². The highest BCUT2D eigenvalue weighted by Gasteiger charge is 2.30. The van der Waals surface area contributed by atoms with Crippen LogP contribution in [0.1, 0.15) is 23.7 Å². The lowest BCUT2D eigenvalue weighted by Crippen LogP contribution is -2.49. The van der Waals surface area contributed by atoms with Gasteiger partial charge in [-0.25, -0.2) is 14.8 Å². The normalized spacial score (nSPS) is 18.7. The molecule has 0 aromatic carbocycles. The smallest absolute Gasteiger partial charge is 0.327 e. The van der Waals surface area contributed by atoms with Crippen LogP contribution in [0.4, 0.5) is 22.0 Å². The summed E-state index contributed by atoms with van der Waals surface area (Å²) in [6, 6.07) is 4.37. The molecule has 8 nitrogen and oxygen atoms in total. The highest BCUT2D eigenvalue weighted by atomic mass is 16.2. The van der Waals surface area contributed by atoms with Gasteiger partial charge >= 0.3 is 6.03 Å². The van der Waals surface area contributed by atoms with Crippen molar-refractivity contribution in [3.63, 3.8) is 0 Å². The van der Waals surface area contributed by atoms with Crippen molar-refractivity contribution in [2.75, 3.05) is 41.3 Å². The van der Waals surface area contributed by atoms with Crippen molar-refractivity contribution in [1.82, 2.24) is 19.7 Å². The molecule has 2 aliphatic heterocycles. The number of nitrogens with zero attached hydrogens (tertiary/aromatic N) is 5. The van der Waals surface area contributed by atoms with Crippen LogP contribution in [-0.4, -0.2) is 52.6 Å². The first-order valence-electron chi connectivity index (χ1n) is 10.5. The zero-order valence-corrected chi connectivity index (χ0v) is 17.6. The first kappa shape index (κ1) is 18.9. The molecule has 30 heavy (non-hydrogen) atoms. The molecule has 0 spiro atoms. The third-order valence-corrected chi connectivity index (χ3v) is 5.97. The van der Waals surface area contributed by atoms with E-state index in [0.717, 1.165) is 54.5 Å². The highest BCUT2D eigenvalue weighted by Crippen LogP contribution is 2.34. The second kappa shape index (κ2) is 7.28. The van der Waals surface area contributed by atoms with Crippen LogP contribution in [0.3, 0.4) is 0 Å². The van der Waals surface area contributed by atoms with Crippen molar-refractivity contribution >= 4 is 28.9 Å². The minimum absolute atomic E-state index is 0.147. The van der Waals surface area contributed by atoms with Gasteiger partial charge in [0.05, 0.1) is 11.4 Å². The Hall–Kier alpha value is -3.13. The number of amides is 2. The molecule has 2 aliphatic rings. The number of nitrogens with one attached hydrogen (secondary N) is 2. The molecule has 0 unspecified atom stereocenters. The molecular weight excluding hydrogens is 378 g/mol. The summed E-state index contributed by atoms with van der Waals surface area (Å²) >= 11 is 0. The fourth-order valence-corrected chi connectivity index (χ4v) is 4.49. The average Bonchev–Trinajstić information content (AvgIpc) is 3.30. The Kier molecular flexibility index (Phi) is 4.58. The van der Waals surface area contributed by atoms with Gasteiger partial charge in [-0.05, 0) is 44.9 Å². The number of hydrogen-bond donors (Lipinski definition) is 2. The number of aromatic nitrogens is 3. The molecule has 2 N–H and O–H groups in total. The first-order chi connectivity index (χ1) is 14.5. The van der Waals surface area contributed by atoms with Gasteiger partial charge < -0.3 is 19.9 Å². The molecule has 1 saturated heterocycles. The van der Waals surface area contributed by atoms with Gasteiger partial charge in [0.2, 0.25) is 0 Å². The molecule has 2 amide bonds. The van der Waals surface area contributed by atoms with Gasteiger partial charge in [0.1, 0.15) is 11.5 Å². The topological polar surface area (TPSA) is 77.8 Å². The number of pyridine rings is 2. The third kappa shape index (κ3) is 3.27. The molecule has 5 heterocycles. The number of fused-ring (bicyclic) bond motifs is 2. The SMILES string of the molecule is Cc1cn2cc(NC(=O)N3CCc4c(N5CCN[C@@H](C)C5)ccnc43)c(C)cc2n1. The molecule has 1 fully saturated rings. The molecule has 1 atom stereocenters. The first-order valence-corrected chi connectivity index (χ1v) is 10.5. The third-order valence-electron chi connectivity index (χ3n) is 5.97. The molecule has 156 valence electrons. The largest absolute Gasteiger partial charge is 0.368 e. The summed E-state index contributed by atoms with van der Waals surface area (Å²) in [4.78, 5) is 26.3. The van der Waals surface area contributed by atoms with E-state index in [1.807, 2.05) is 42.9 Å². The Labute approximate surface area is 175 Å². The van der Waals surface area contributed by atoms with Crippen molar-refractivity contribution in [2.45, 2.75) is 33.2 Å². The average molecular weight is 406 g/mol. The number of aryl methyl sites for hydroxylation is 2. The van der Waals surface area contributed by atoms with Gasteiger partial charge in [-0.15, -0.1) is 0 Å². The van der Waals surface area contributed by atoms with Crippen molar-refractivity contribution in [2.24, 2.45) is 0 Å². The molecular formula is C22H27N7O. The van der Waals surface area contributed by atoms with Crippen LogP contribution < -0.4 is 20.4 Å². The van der Waals surface area contributed by atoms with Crippen LogP contribution in [0, 0.1) is 13.8 Å². The lowest BCUT2D eigenvalue weighted by atomic mass is 10.1. The summed E-state index contributed by atoms with van der Waals surface area (Å²) in [6.45, 7) is 9.69. The van der Waals surface area contributed by atoms with Crippen LogP contribution in [0.25, 0.3) is 5.65 Å². The maximum absolute atomic E-state index is 13.1. The summed E-state index contributed by atoms with van der Waals surface area (Å²) in [7, 11) is 0. The zero-order chi connectivity index (χ0) is 20.8. The number of anilines is 3. The van der Waals surface area contributed by atoms with E-state index in [4.69, 9.17) is 0 Å². The van der Waals surface area contributed by atoms with Crippen LogP contribution in [0.15, 0.2) is 30.7 Å². The number of imidazole rings is 1. The summed E-state index contributed by atoms with van der Waals surface area (Å²) in [5.74, 6) is 0.772. The lowest BCUT2D eigenvalue weighted by Gasteiger charge is -2.34. The minimum atomic E-state index is -0.147. The van der Waals surface area contributed by atoms with Crippen LogP contribution in [0.2, 0.25) is 0 Å². The van der Waals surface area contributed by atoms with E-state index in [1.165, 1.54) is 11.3 Å². The van der Waals surface area contributed by atoms with Gasteiger partial charge in [-0.3, -0.25) is 4.90 Å². The molecule has 3 aromatic rings. The van der Waals surface area contributed by atoms with E-state index in [-0.39, 0.29) is 6.03 Å². The molecule has 8 heteroatoms. The summed E-state index contributed by atoms with van der Waals surface area (Å²) < 4.78 is 1.94. The molecule has 0 aliphatic carbocycles. The summed E-state index contributed by atoms with van der Waals surface area (Å²) in [6.07, 6.45) is 6.52. The monoisotopic (exact) mass is 405 g/mol. The zero-order valence-electron chi connectivity index (χ0n) is 17.6. The standard InChI is InChI=1S/C22H27N7O/c1-14-10-20-25-16(3)12-28(20)13-18(14)26-22(30)29-8-5-17-19(4-6-24-21(17)29)27-9-7-23-15(2)11-27/h4,6,10,12-13,15,23H,5,7-9,11H2,1-3H3,(H,26,30)/t15-/m0/s1. The number of rotatable bonds is 2. The van der Waals surface area contributed by atoms with Crippen molar-refractivity contribution in [3.05, 3.63) is 47.5 Å². The van der Waals surface area contributed by atoms with Gasteiger partial charge in [-0.2, -0.15) is 0 Å². The molecule has 0 bridgehead atoms. The van der Waals surface area contributed by atoms with E-state index < -0.39 is 0 Å². The molecule has 0 radical (unpaired) electrons. The van der Waals surface area contributed by atoms with Crippen LogP contribution >= 0.6 is 0 Å². The van der Waals surface area contributed by atoms with Gasteiger partial charge in [-0.1, -0.05) is 0 Å². The second-order valence-electron chi connectivity index (χ2n) is 8.28. The van der Waals surface area contributed by atoms with Crippen molar-refractivity contribution < 1.29 is 4.79 Å². The number of carbonyl (C=O) groups is 1. The lowest BCUT2D eigenvalue weighted by molar-refractivity contribution is 0.257. The van der Waals surface area contributed by atoms with Crippen molar-refractivity contribution in [3.8, 4) is 0 Å². The Morgan fingerprint density at radius 2 is 2.13 bits per heavy atom. The molecule has 3 aromatic heterocycles. The van der Waals surface area contributed by atoms with E-state index >= 15 is 0 Å².